The minimum absolute atomic E-state index is 0.0209. The number of carbonyl (C=O) groups excluding carboxylic acids is 2. The molecule has 0 unspecified atom stereocenters. The van der Waals surface area contributed by atoms with E-state index in [0.717, 1.165) is 42.5 Å². The molecule has 4 nitrogen and oxygen atoms in total. The first kappa shape index (κ1) is 18.7. The van der Waals surface area contributed by atoms with Crippen molar-refractivity contribution in [3.8, 4) is 0 Å². The number of hydrogen-bond donors (Lipinski definition) is 0. The van der Waals surface area contributed by atoms with Crippen molar-refractivity contribution in [2.75, 3.05) is 18.0 Å². The summed E-state index contributed by atoms with van der Waals surface area (Å²) in [6, 6.07) is 18.3. The minimum atomic E-state index is -0.0209. The Kier molecular flexibility index (Phi) is 5.47. The molecule has 0 N–H and O–H groups in total. The predicted octanol–water partition coefficient (Wildman–Crippen LogP) is 4.18. The van der Waals surface area contributed by atoms with Crippen LogP contribution in [0.3, 0.4) is 0 Å². The Bertz CT molecular complexity index is 837. The van der Waals surface area contributed by atoms with Gasteiger partial charge in [0.2, 0.25) is 11.8 Å². The summed E-state index contributed by atoms with van der Waals surface area (Å²) in [6.45, 7) is 4.04. The van der Waals surface area contributed by atoms with Gasteiger partial charge < -0.3 is 9.80 Å². The van der Waals surface area contributed by atoms with Gasteiger partial charge in [0.1, 0.15) is 0 Å². The van der Waals surface area contributed by atoms with Crippen molar-refractivity contribution in [1.29, 1.82) is 0 Å². The van der Waals surface area contributed by atoms with E-state index in [1.54, 1.807) is 0 Å². The van der Waals surface area contributed by atoms with Crippen LogP contribution in [0.5, 0.6) is 0 Å². The quantitative estimate of drug-likeness (QED) is 0.786. The van der Waals surface area contributed by atoms with E-state index in [2.05, 4.69) is 31.2 Å². The molecule has 0 bridgehead atoms. The fourth-order valence-electron chi connectivity index (χ4n) is 4.01. The number of anilines is 1. The molecule has 4 heteroatoms. The van der Waals surface area contributed by atoms with Crippen molar-refractivity contribution in [1.82, 2.24) is 4.90 Å². The van der Waals surface area contributed by atoms with Gasteiger partial charge in [-0.1, -0.05) is 42.5 Å². The van der Waals surface area contributed by atoms with Crippen LogP contribution in [0.15, 0.2) is 54.6 Å². The zero-order valence-corrected chi connectivity index (χ0v) is 16.5. The Morgan fingerprint density at radius 1 is 0.929 bits per heavy atom. The van der Waals surface area contributed by atoms with Gasteiger partial charge in [-0.05, 0) is 55.9 Å². The molecular weight excluding hydrogens is 348 g/mol. The first-order valence-electron chi connectivity index (χ1n) is 10.3. The van der Waals surface area contributed by atoms with Crippen molar-refractivity contribution < 1.29 is 9.59 Å². The molecule has 1 saturated carbocycles. The summed E-state index contributed by atoms with van der Waals surface area (Å²) in [4.78, 5) is 29.7. The molecule has 28 heavy (non-hydrogen) atoms. The first-order valence-corrected chi connectivity index (χ1v) is 10.3. The van der Waals surface area contributed by atoms with Gasteiger partial charge in [-0.25, -0.2) is 0 Å². The van der Waals surface area contributed by atoms with Gasteiger partial charge in [-0.15, -0.1) is 0 Å². The van der Waals surface area contributed by atoms with Gasteiger partial charge in [-0.2, -0.15) is 0 Å². The molecule has 2 aromatic rings. The first-order chi connectivity index (χ1) is 13.6. The van der Waals surface area contributed by atoms with Crippen LogP contribution in [0.2, 0.25) is 0 Å². The zero-order valence-electron chi connectivity index (χ0n) is 16.5. The molecule has 146 valence electrons. The molecule has 4 rings (SSSR count). The number of amides is 2. The maximum atomic E-state index is 13.5. The van der Waals surface area contributed by atoms with Crippen molar-refractivity contribution >= 4 is 17.5 Å². The average Bonchev–Trinajstić information content (AvgIpc) is 3.57. The number of hydrogen-bond acceptors (Lipinski definition) is 2. The highest BCUT2D eigenvalue weighted by atomic mass is 16.2. The SMILES string of the molecule is Cc1cccc(N(Cc2ccccc2)C(=O)C2CCN(C(=O)C3CC3)CC2)c1. The molecule has 2 fully saturated rings. The second kappa shape index (κ2) is 8.17. The monoisotopic (exact) mass is 376 g/mol. The summed E-state index contributed by atoms with van der Waals surface area (Å²) in [5.41, 5.74) is 3.22. The van der Waals surface area contributed by atoms with Gasteiger partial charge in [0, 0.05) is 30.6 Å². The smallest absolute Gasteiger partial charge is 0.230 e. The highest BCUT2D eigenvalue weighted by Gasteiger charge is 2.36. The van der Waals surface area contributed by atoms with Crippen molar-refractivity contribution in [2.24, 2.45) is 11.8 Å². The van der Waals surface area contributed by atoms with E-state index < -0.39 is 0 Å². The Hall–Kier alpha value is -2.62. The van der Waals surface area contributed by atoms with Crippen molar-refractivity contribution in [3.63, 3.8) is 0 Å². The Balaban J connectivity index is 1.49. The second-order valence-corrected chi connectivity index (χ2v) is 8.12. The summed E-state index contributed by atoms with van der Waals surface area (Å²) in [6.07, 6.45) is 3.59. The van der Waals surface area contributed by atoms with Crippen molar-refractivity contribution in [3.05, 3.63) is 65.7 Å². The predicted molar refractivity (Wildman–Crippen MR) is 111 cm³/mol. The van der Waals surface area contributed by atoms with Gasteiger partial charge >= 0.3 is 0 Å². The van der Waals surface area contributed by atoms with E-state index in [4.69, 9.17) is 0 Å². The molecule has 1 aliphatic carbocycles. The van der Waals surface area contributed by atoms with Crippen LogP contribution in [-0.2, 0) is 16.1 Å². The maximum absolute atomic E-state index is 13.5. The number of nitrogens with zero attached hydrogens (tertiary/aromatic N) is 2. The molecule has 2 aliphatic rings. The third-order valence-electron chi connectivity index (χ3n) is 5.85. The third-order valence-corrected chi connectivity index (χ3v) is 5.85. The Labute approximate surface area is 167 Å². The second-order valence-electron chi connectivity index (χ2n) is 8.12. The fourth-order valence-corrected chi connectivity index (χ4v) is 4.01. The van der Waals surface area contributed by atoms with E-state index in [0.29, 0.717) is 25.5 Å². The fraction of sp³-hybridized carbons (Fsp3) is 0.417. The normalized spacial score (nSPS) is 17.4. The standard InChI is InChI=1S/C24H28N2O2/c1-18-6-5-9-22(16-18)26(17-19-7-3-2-4-8-19)24(28)21-12-14-25(15-13-21)23(27)20-10-11-20/h2-9,16,20-21H,10-15,17H2,1H3. The summed E-state index contributed by atoms with van der Waals surface area (Å²) in [7, 11) is 0. The van der Waals surface area contributed by atoms with Gasteiger partial charge in [0.05, 0.1) is 6.54 Å². The number of benzene rings is 2. The van der Waals surface area contributed by atoms with Crippen LogP contribution in [0.1, 0.15) is 36.8 Å². The van der Waals surface area contributed by atoms with E-state index >= 15 is 0 Å². The van der Waals surface area contributed by atoms with Crippen LogP contribution in [-0.4, -0.2) is 29.8 Å². The Morgan fingerprint density at radius 2 is 1.64 bits per heavy atom. The lowest BCUT2D eigenvalue weighted by atomic mass is 9.94. The highest BCUT2D eigenvalue weighted by Crippen LogP contribution is 2.33. The van der Waals surface area contributed by atoms with Crippen LogP contribution >= 0.6 is 0 Å². The summed E-state index contributed by atoms with van der Waals surface area (Å²) < 4.78 is 0. The number of piperidine rings is 1. The molecule has 2 aromatic carbocycles. The van der Waals surface area contributed by atoms with E-state index in [9.17, 15) is 9.59 Å². The lowest BCUT2D eigenvalue weighted by molar-refractivity contribution is -0.136. The Morgan fingerprint density at radius 3 is 2.29 bits per heavy atom. The van der Waals surface area contributed by atoms with E-state index in [1.165, 1.54) is 0 Å². The molecule has 0 atom stereocenters. The van der Waals surface area contributed by atoms with Crippen molar-refractivity contribution in [2.45, 2.75) is 39.2 Å². The van der Waals surface area contributed by atoms with Crippen LogP contribution < -0.4 is 4.90 Å². The molecular formula is C24H28N2O2. The largest absolute Gasteiger partial charge is 0.342 e. The summed E-state index contributed by atoms with van der Waals surface area (Å²) in [5.74, 6) is 0.709. The molecule has 0 spiro atoms. The minimum Gasteiger partial charge on any atom is -0.342 e. The average molecular weight is 377 g/mol. The third kappa shape index (κ3) is 4.27. The highest BCUT2D eigenvalue weighted by molar-refractivity contribution is 5.95. The molecule has 1 saturated heterocycles. The molecule has 1 aliphatic heterocycles. The lowest BCUT2D eigenvalue weighted by Gasteiger charge is -2.34. The van der Waals surface area contributed by atoms with Gasteiger partial charge in [-0.3, -0.25) is 9.59 Å². The summed E-state index contributed by atoms with van der Waals surface area (Å²) in [5, 5.41) is 0. The van der Waals surface area contributed by atoms with E-state index in [-0.39, 0.29) is 17.7 Å². The molecule has 0 radical (unpaired) electrons. The van der Waals surface area contributed by atoms with Gasteiger partial charge in [0.15, 0.2) is 0 Å². The van der Waals surface area contributed by atoms with Gasteiger partial charge in [0.25, 0.3) is 0 Å². The number of likely N-dealkylation sites (tertiary alicyclic amines) is 1. The molecule has 1 heterocycles. The lowest BCUT2D eigenvalue weighted by Crippen LogP contribution is -2.44. The molecule has 0 aromatic heterocycles. The topological polar surface area (TPSA) is 40.6 Å². The van der Waals surface area contributed by atoms with Crippen LogP contribution in [0.4, 0.5) is 5.69 Å². The number of aryl methyl sites for hydroxylation is 1. The number of rotatable bonds is 5. The van der Waals surface area contributed by atoms with Crippen LogP contribution in [0, 0.1) is 18.8 Å². The van der Waals surface area contributed by atoms with E-state index in [1.807, 2.05) is 40.1 Å². The summed E-state index contributed by atoms with van der Waals surface area (Å²) >= 11 is 0. The molecule has 2 amide bonds. The number of carbonyl (C=O) groups is 2. The van der Waals surface area contributed by atoms with Crippen LogP contribution in [0.25, 0.3) is 0 Å². The maximum Gasteiger partial charge on any atom is 0.230 e. The zero-order chi connectivity index (χ0) is 19.5.